The summed E-state index contributed by atoms with van der Waals surface area (Å²) in [5.74, 6) is 0. The van der Waals surface area contributed by atoms with Crippen molar-refractivity contribution in [1.82, 2.24) is 0 Å². The molecule has 0 atom stereocenters. The first kappa shape index (κ1) is 22.1. The number of hydrogen-bond donors (Lipinski definition) is 0. The van der Waals surface area contributed by atoms with Crippen molar-refractivity contribution in [2.45, 2.75) is 84.4 Å². The standard InChI is InChI=1S/C19H32BNO5Si/c1-17(2,3)27(8,9)24-13-14-10-11-15(12-16(14)21(22)23)20-25-18(4,5)19(6,7)26-20/h10-12H,13H2,1-9H3. The molecule has 0 spiro atoms. The Morgan fingerprint density at radius 3 is 2.11 bits per heavy atom. The molecule has 1 heterocycles. The van der Waals surface area contributed by atoms with Gasteiger partial charge >= 0.3 is 7.12 Å². The third-order valence-electron chi connectivity index (χ3n) is 6.23. The lowest BCUT2D eigenvalue weighted by Gasteiger charge is -2.36. The molecular formula is C19H32BNO5Si. The van der Waals surface area contributed by atoms with Gasteiger partial charge in [0, 0.05) is 6.07 Å². The summed E-state index contributed by atoms with van der Waals surface area (Å²) in [7, 11) is -2.62. The van der Waals surface area contributed by atoms with Gasteiger partial charge in [0.2, 0.25) is 0 Å². The van der Waals surface area contributed by atoms with E-state index in [0.29, 0.717) is 11.0 Å². The fourth-order valence-electron chi connectivity index (χ4n) is 2.47. The second-order valence-corrected chi connectivity index (χ2v) is 14.6. The van der Waals surface area contributed by atoms with Gasteiger partial charge in [0.1, 0.15) is 0 Å². The summed E-state index contributed by atoms with van der Waals surface area (Å²) in [6.07, 6.45) is 0. The Bertz CT molecular complexity index is 711. The first-order valence-electron chi connectivity index (χ1n) is 9.34. The smallest absolute Gasteiger partial charge is 0.412 e. The van der Waals surface area contributed by atoms with Gasteiger partial charge in [-0.1, -0.05) is 32.9 Å². The molecule has 2 rings (SSSR count). The van der Waals surface area contributed by atoms with Crippen LogP contribution in [0.4, 0.5) is 5.69 Å². The first-order valence-corrected chi connectivity index (χ1v) is 12.2. The topological polar surface area (TPSA) is 70.8 Å². The zero-order chi connectivity index (χ0) is 20.8. The minimum Gasteiger partial charge on any atom is -0.412 e. The average Bonchev–Trinajstić information content (AvgIpc) is 2.72. The molecule has 0 N–H and O–H groups in total. The number of benzene rings is 1. The molecule has 0 aliphatic carbocycles. The van der Waals surface area contributed by atoms with Crippen molar-refractivity contribution in [3.63, 3.8) is 0 Å². The highest BCUT2D eigenvalue weighted by Gasteiger charge is 2.52. The summed E-state index contributed by atoms with van der Waals surface area (Å²) >= 11 is 0. The van der Waals surface area contributed by atoms with Crippen LogP contribution in [0.1, 0.15) is 54.0 Å². The average molecular weight is 393 g/mol. The summed E-state index contributed by atoms with van der Waals surface area (Å²) in [5, 5.41) is 11.7. The highest BCUT2D eigenvalue weighted by atomic mass is 28.4. The summed E-state index contributed by atoms with van der Waals surface area (Å²) in [6.45, 7) is 18.8. The quantitative estimate of drug-likeness (QED) is 0.421. The highest BCUT2D eigenvalue weighted by Crippen LogP contribution is 2.38. The normalized spacial score (nSPS) is 19.4. The fraction of sp³-hybridized carbons (Fsp3) is 0.684. The second-order valence-electron chi connectivity index (χ2n) is 9.78. The SMILES string of the molecule is CC1(C)OB(c2ccc(CO[Si](C)(C)C(C)(C)C)c([N+](=O)[O-])c2)OC1(C)C. The van der Waals surface area contributed by atoms with E-state index in [0.717, 1.165) is 0 Å². The largest absolute Gasteiger partial charge is 0.495 e. The molecule has 8 heteroatoms. The Kier molecular flexibility index (Phi) is 5.71. The number of nitrogens with zero attached hydrogens (tertiary/aromatic N) is 1. The lowest BCUT2D eigenvalue weighted by atomic mass is 9.78. The Morgan fingerprint density at radius 2 is 1.67 bits per heavy atom. The third-order valence-corrected chi connectivity index (χ3v) is 10.7. The monoisotopic (exact) mass is 393 g/mol. The van der Waals surface area contributed by atoms with Crippen LogP contribution in [0.15, 0.2) is 18.2 Å². The van der Waals surface area contributed by atoms with Crippen LogP contribution in [0.2, 0.25) is 18.1 Å². The van der Waals surface area contributed by atoms with Crippen molar-refractivity contribution < 1.29 is 18.7 Å². The van der Waals surface area contributed by atoms with E-state index in [4.69, 9.17) is 13.7 Å². The van der Waals surface area contributed by atoms with Gasteiger partial charge in [-0.05, 0) is 51.3 Å². The molecule has 1 aromatic rings. The fourth-order valence-corrected chi connectivity index (χ4v) is 3.42. The van der Waals surface area contributed by atoms with E-state index >= 15 is 0 Å². The van der Waals surface area contributed by atoms with Crippen LogP contribution < -0.4 is 5.46 Å². The molecule has 1 saturated heterocycles. The van der Waals surface area contributed by atoms with Gasteiger partial charge in [-0.15, -0.1) is 0 Å². The highest BCUT2D eigenvalue weighted by molar-refractivity contribution is 6.74. The minimum atomic E-state index is -1.99. The van der Waals surface area contributed by atoms with Crippen LogP contribution in [0.25, 0.3) is 0 Å². The van der Waals surface area contributed by atoms with Gasteiger partial charge in [-0.3, -0.25) is 10.1 Å². The van der Waals surface area contributed by atoms with Crippen LogP contribution in [-0.4, -0.2) is 31.6 Å². The molecule has 1 fully saturated rings. The molecule has 1 aliphatic heterocycles. The number of nitro groups is 1. The van der Waals surface area contributed by atoms with Crippen LogP contribution in [0.3, 0.4) is 0 Å². The lowest BCUT2D eigenvalue weighted by molar-refractivity contribution is -0.385. The molecule has 150 valence electrons. The molecule has 0 saturated carbocycles. The van der Waals surface area contributed by atoms with E-state index in [1.807, 2.05) is 33.8 Å². The summed E-state index contributed by atoms with van der Waals surface area (Å²) < 4.78 is 18.2. The van der Waals surface area contributed by atoms with E-state index < -0.39 is 26.6 Å². The molecule has 6 nitrogen and oxygen atoms in total. The zero-order valence-electron chi connectivity index (χ0n) is 18.0. The Labute approximate surface area is 164 Å². The van der Waals surface area contributed by atoms with Crippen molar-refractivity contribution in [2.24, 2.45) is 0 Å². The summed E-state index contributed by atoms with van der Waals surface area (Å²) in [5.41, 5.74) is 0.287. The second kappa shape index (κ2) is 6.99. The number of rotatable bonds is 5. The van der Waals surface area contributed by atoms with Gasteiger partial charge in [-0.25, -0.2) is 0 Å². The van der Waals surface area contributed by atoms with Gasteiger partial charge in [0.25, 0.3) is 5.69 Å². The van der Waals surface area contributed by atoms with Crippen LogP contribution in [0, 0.1) is 10.1 Å². The van der Waals surface area contributed by atoms with Crippen LogP contribution in [0.5, 0.6) is 0 Å². The lowest BCUT2D eigenvalue weighted by Crippen LogP contribution is -2.41. The Morgan fingerprint density at radius 1 is 1.15 bits per heavy atom. The van der Waals surface area contributed by atoms with Gasteiger partial charge < -0.3 is 13.7 Å². The van der Waals surface area contributed by atoms with E-state index in [9.17, 15) is 10.1 Å². The summed E-state index contributed by atoms with van der Waals surface area (Å²) in [4.78, 5) is 11.3. The van der Waals surface area contributed by atoms with E-state index in [1.165, 1.54) is 0 Å². The van der Waals surface area contributed by atoms with E-state index in [-0.39, 0.29) is 22.3 Å². The third kappa shape index (κ3) is 4.45. The van der Waals surface area contributed by atoms with E-state index in [2.05, 4.69) is 33.9 Å². The minimum absolute atomic E-state index is 0.0425. The maximum absolute atomic E-state index is 11.6. The molecule has 0 unspecified atom stereocenters. The van der Waals surface area contributed by atoms with Crippen molar-refractivity contribution in [2.75, 3.05) is 0 Å². The van der Waals surface area contributed by atoms with Gasteiger partial charge in [0.15, 0.2) is 8.32 Å². The molecule has 0 amide bonds. The zero-order valence-corrected chi connectivity index (χ0v) is 19.0. The molecule has 27 heavy (non-hydrogen) atoms. The van der Waals surface area contributed by atoms with Gasteiger partial charge in [0.05, 0.1) is 28.3 Å². The number of hydrogen-bond acceptors (Lipinski definition) is 5. The maximum Gasteiger partial charge on any atom is 0.495 e. The van der Waals surface area contributed by atoms with Crippen LogP contribution >= 0.6 is 0 Å². The molecule has 1 aliphatic rings. The first-order chi connectivity index (χ1) is 12.1. The molecule has 0 radical (unpaired) electrons. The summed E-state index contributed by atoms with van der Waals surface area (Å²) in [6, 6.07) is 5.14. The van der Waals surface area contributed by atoms with Crippen molar-refractivity contribution in [3.05, 3.63) is 33.9 Å². The maximum atomic E-state index is 11.6. The van der Waals surface area contributed by atoms with Crippen molar-refractivity contribution in [3.8, 4) is 0 Å². The molecule has 0 bridgehead atoms. The predicted octanol–water partition coefficient (Wildman–Crippen LogP) is 4.42. The molecule has 0 aromatic heterocycles. The van der Waals surface area contributed by atoms with Crippen molar-refractivity contribution >= 4 is 26.6 Å². The van der Waals surface area contributed by atoms with E-state index in [1.54, 1.807) is 12.1 Å². The molecular weight excluding hydrogens is 361 g/mol. The predicted molar refractivity (Wildman–Crippen MR) is 111 cm³/mol. The number of nitro benzene ring substituents is 1. The van der Waals surface area contributed by atoms with Crippen LogP contribution in [-0.2, 0) is 20.3 Å². The van der Waals surface area contributed by atoms with Crippen molar-refractivity contribution in [1.29, 1.82) is 0 Å². The molecule has 1 aromatic carbocycles. The van der Waals surface area contributed by atoms with Gasteiger partial charge in [-0.2, -0.15) is 0 Å². The Balaban J connectivity index is 2.27. The Hall–Kier alpha value is -1.22.